The van der Waals surface area contributed by atoms with Gasteiger partial charge in [-0.05, 0) is 54.8 Å². The summed E-state index contributed by atoms with van der Waals surface area (Å²) in [5, 5.41) is 51.7. The minimum Gasteiger partial charge on any atom is -0.455 e. The maximum atomic E-state index is 14.3. The highest BCUT2D eigenvalue weighted by molar-refractivity contribution is 6.73. The number of ether oxygens (including phenoxy) is 3. The van der Waals surface area contributed by atoms with E-state index in [2.05, 4.69) is 27.7 Å². The standard InChI is InChI=1S/C63H108O10Si/c1-9-13-14-15-16-17-18-19-20-21-22-23-24-25-26-27-28-29-30-31-32-33-34-35-36-37-41-44-53(65)71-55-54-48(5)50(64)46-63(69,60(54,6)7)58(72-59(67)49-42-39-38-40-43-49)56-61(8,57(55)66)51(45-52-62(56,68)47-70-52)73-74(10-2,11-3)12-4/h38-40,42-43,50-52,55-58,64,66,68-69H,9-37,41,44-47H2,1-8H3/t50-,51-,52+,55+,56-,57+,58-,61+,62-,63+/m0/s1. The molecule has 0 aromatic heterocycles. The molecule has 4 N–H and O–H groups in total. The lowest BCUT2D eigenvalue weighted by Crippen LogP contribution is -2.82. The van der Waals surface area contributed by atoms with Crippen molar-refractivity contribution in [2.45, 2.75) is 314 Å². The molecule has 2 saturated carbocycles. The Balaban J connectivity index is 1.12. The largest absolute Gasteiger partial charge is 0.455 e. The van der Waals surface area contributed by atoms with E-state index in [1.165, 1.54) is 148 Å². The van der Waals surface area contributed by atoms with Crippen molar-refractivity contribution in [1.29, 1.82) is 0 Å². The van der Waals surface area contributed by atoms with Gasteiger partial charge in [-0.2, -0.15) is 0 Å². The van der Waals surface area contributed by atoms with Crippen LogP contribution in [-0.4, -0.2) is 95.1 Å². The number of carbonyl (C=O) groups excluding carboxylic acids is 2. The average molecular weight is 1050 g/mol. The monoisotopic (exact) mass is 1050 g/mol. The summed E-state index contributed by atoms with van der Waals surface area (Å²) in [5.74, 6) is -2.31. The van der Waals surface area contributed by atoms with E-state index in [1.807, 2.05) is 6.92 Å². The summed E-state index contributed by atoms with van der Waals surface area (Å²) in [6.07, 6.45) is 28.9. The van der Waals surface area contributed by atoms with Gasteiger partial charge in [0.1, 0.15) is 23.4 Å². The van der Waals surface area contributed by atoms with Gasteiger partial charge in [0, 0.05) is 36.0 Å². The Morgan fingerprint density at radius 1 is 0.649 bits per heavy atom. The lowest BCUT2D eigenvalue weighted by Gasteiger charge is -2.69. The summed E-state index contributed by atoms with van der Waals surface area (Å²) < 4.78 is 26.6. The van der Waals surface area contributed by atoms with Gasteiger partial charge in [-0.3, -0.25) is 4.79 Å². The molecule has 3 fully saturated rings. The molecule has 0 amide bonds. The van der Waals surface area contributed by atoms with Crippen LogP contribution >= 0.6 is 0 Å². The molecule has 1 saturated heterocycles. The maximum Gasteiger partial charge on any atom is 0.338 e. The summed E-state index contributed by atoms with van der Waals surface area (Å²) in [6.45, 7) is 15.8. The van der Waals surface area contributed by atoms with E-state index in [0.29, 0.717) is 17.6 Å². The van der Waals surface area contributed by atoms with Crippen LogP contribution in [0.2, 0.25) is 18.1 Å². The number of carbonyl (C=O) groups is 2. The predicted molar refractivity (Wildman–Crippen MR) is 302 cm³/mol. The van der Waals surface area contributed by atoms with Gasteiger partial charge in [-0.1, -0.05) is 234 Å². The van der Waals surface area contributed by atoms with Crippen molar-refractivity contribution in [3.8, 4) is 0 Å². The Labute approximate surface area is 451 Å². The van der Waals surface area contributed by atoms with Crippen LogP contribution in [0, 0.1) is 16.7 Å². The molecular weight excluding hydrogens is 945 g/mol. The van der Waals surface area contributed by atoms with Crippen LogP contribution in [0.1, 0.15) is 258 Å². The van der Waals surface area contributed by atoms with Gasteiger partial charge in [0.25, 0.3) is 0 Å². The highest BCUT2D eigenvalue weighted by Crippen LogP contribution is 2.65. The number of hydrogen-bond donors (Lipinski definition) is 4. The second kappa shape index (κ2) is 30.3. The fourth-order valence-corrected chi connectivity index (χ4v) is 16.9. The molecule has 1 aliphatic heterocycles. The number of aliphatic hydroxyl groups excluding tert-OH is 2. The molecule has 424 valence electrons. The Bertz CT molecular complexity index is 1830. The Morgan fingerprint density at radius 3 is 1.51 bits per heavy atom. The number of rotatable bonds is 36. The molecule has 1 heterocycles. The smallest absolute Gasteiger partial charge is 0.338 e. The van der Waals surface area contributed by atoms with Crippen molar-refractivity contribution in [1.82, 2.24) is 0 Å². The zero-order chi connectivity index (χ0) is 53.8. The second-order valence-electron chi connectivity index (χ2n) is 24.6. The van der Waals surface area contributed by atoms with E-state index < -0.39 is 84.8 Å². The molecule has 1 aromatic rings. The first-order chi connectivity index (χ1) is 35.5. The van der Waals surface area contributed by atoms with Crippen LogP contribution in [0.5, 0.6) is 0 Å². The molecule has 11 heteroatoms. The van der Waals surface area contributed by atoms with Gasteiger partial charge in [0.2, 0.25) is 0 Å². The zero-order valence-electron chi connectivity index (χ0n) is 48.2. The van der Waals surface area contributed by atoms with E-state index in [1.54, 1.807) is 51.1 Å². The Hall–Kier alpha value is -2.12. The molecule has 0 unspecified atom stereocenters. The molecule has 1 aromatic carbocycles. The molecule has 0 spiro atoms. The molecular formula is C63H108O10Si. The Morgan fingerprint density at radius 2 is 1.09 bits per heavy atom. The normalized spacial score (nSPS) is 29.4. The lowest BCUT2D eigenvalue weighted by molar-refractivity contribution is -0.362. The number of benzene rings is 1. The topological polar surface area (TPSA) is 152 Å². The van der Waals surface area contributed by atoms with E-state index in [0.717, 1.165) is 37.4 Å². The highest BCUT2D eigenvalue weighted by atomic mass is 28.4. The summed E-state index contributed by atoms with van der Waals surface area (Å²) in [6, 6.07) is 11.0. The van der Waals surface area contributed by atoms with E-state index in [4.69, 9.17) is 18.6 Å². The first kappa shape index (κ1) is 62.7. The van der Waals surface area contributed by atoms with Crippen molar-refractivity contribution in [3.05, 3.63) is 47.0 Å². The zero-order valence-corrected chi connectivity index (χ0v) is 49.2. The van der Waals surface area contributed by atoms with Crippen molar-refractivity contribution in [2.75, 3.05) is 6.61 Å². The molecule has 4 aliphatic rings. The van der Waals surface area contributed by atoms with E-state index >= 15 is 0 Å². The van der Waals surface area contributed by atoms with Crippen molar-refractivity contribution >= 4 is 20.3 Å². The average Bonchev–Trinajstić information content (AvgIpc) is 3.38. The third-order valence-corrected chi connectivity index (χ3v) is 24.0. The van der Waals surface area contributed by atoms with Gasteiger partial charge in [0.15, 0.2) is 14.4 Å². The minimum absolute atomic E-state index is 0.112. The van der Waals surface area contributed by atoms with Gasteiger partial charge < -0.3 is 39.1 Å². The molecule has 5 rings (SSSR count). The van der Waals surface area contributed by atoms with Crippen molar-refractivity contribution in [3.63, 3.8) is 0 Å². The summed E-state index contributed by atoms with van der Waals surface area (Å²) in [7, 11) is -2.43. The van der Waals surface area contributed by atoms with Gasteiger partial charge in [-0.25, -0.2) is 4.79 Å². The summed E-state index contributed by atoms with van der Waals surface area (Å²) >= 11 is 0. The summed E-state index contributed by atoms with van der Waals surface area (Å²) in [4.78, 5) is 28.4. The molecule has 10 nitrogen and oxygen atoms in total. The first-order valence-electron chi connectivity index (χ1n) is 30.8. The lowest BCUT2D eigenvalue weighted by atomic mass is 9.44. The second-order valence-corrected chi connectivity index (χ2v) is 29.3. The van der Waals surface area contributed by atoms with Crippen LogP contribution in [0.4, 0.5) is 0 Å². The van der Waals surface area contributed by atoms with E-state index in [9.17, 15) is 30.0 Å². The third-order valence-electron chi connectivity index (χ3n) is 19.4. The number of unbranched alkanes of at least 4 members (excludes halogenated alkanes) is 26. The first-order valence-corrected chi connectivity index (χ1v) is 33.3. The quantitative estimate of drug-likeness (QED) is 0.0221. The number of fused-ring (bicyclic) bond motifs is 5. The van der Waals surface area contributed by atoms with Gasteiger partial charge in [-0.15, -0.1) is 0 Å². The molecule has 3 aliphatic carbocycles. The van der Waals surface area contributed by atoms with Gasteiger partial charge in [0.05, 0.1) is 30.5 Å². The molecule has 74 heavy (non-hydrogen) atoms. The fourth-order valence-electron chi connectivity index (χ4n) is 14.0. The van der Waals surface area contributed by atoms with Crippen molar-refractivity contribution in [2.24, 2.45) is 16.7 Å². The van der Waals surface area contributed by atoms with Crippen LogP contribution < -0.4 is 0 Å². The SMILES string of the molecule is CCCCCCCCCCCCCCCCCCCCCCCCCCCCCC(=O)O[C@@H]1C2=C(C)[C@@H](O)C[C@@](O)([C@@H](OC(=O)c3ccccc3)[C@@H]3[C@]4(O)CO[C@@H]4C[C@H](O[Si](CC)(CC)CC)[C@@]3(C)[C@@H]1O)C2(C)C. The number of esters is 2. The molecule has 10 atom stereocenters. The van der Waals surface area contributed by atoms with Gasteiger partial charge >= 0.3 is 11.9 Å². The number of hydrogen-bond acceptors (Lipinski definition) is 10. The van der Waals surface area contributed by atoms with Crippen LogP contribution in [0.25, 0.3) is 0 Å². The van der Waals surface area contributed by atoms with Crippen LogP contribution in [0.3, 0.4) is 0 Å². The maximum absolute atomic E-state index is 14.3. The Kier molecular flexibility index (Phi) is 25.7. The molecule has 2 bridgehead atoms. The van der Waals surface area contributed by atoms with Crippen LogP contribution in [0.15, 0.2) is 41.5 Å². The number of aliphatic hydroxyl groups is 4. The molecule has 0 radical (unpaired) electrons. The minimum atomic E-state index is -2.43. The fraction of sp³-hybridized carbons (Fsp3) is 0.841. The van der Waals surface area contributed by atoms with Crippen molar-refractivity contribution < 1.29 is 48.7 Å². The highest BCUT2D eigenvalue weighted by Gasteiger charge is 2.77. The third kappa shape index (κ3) is 15.4. The van der Waals surface area contributed by atoms with E-state index in [-0.39, 0.29) is 31.4 Å². The predicted octanol–water partition coefficient (Wildman–Crippen LogP) is 14.8. The summed E-state index contributed by atoms with van der Waals surface area (Å²) in [5.41, 5.74) is -5.25. The van der Waals surface area contributed by atoms with Crippen LogP contribution in [-0.2, 0) is 23.4 Å².